The first kappa shape index (κ1) is 9.48. The highest BCUT2D eigenvalue weighted by molar-refractivity contribution is 5.69. The zero-order chi connectivity index (χ0) is 8.97. The molecular weight excluding hydrogens is 156 g/mol. The predicted molar refractivity (Wildman–Crippen MR) is 45.6 cm³/mol. The van der Waals surface area contributed by atoms with Crippen molar-refractivity contribution in [1.29, 1.82) is 0 Å². The van der Waals surface area contributed by atoms with E-state index in [0.717, 1.165) is 19.5 Å². The van der Waals surface area contributed by atoms with Gasteiger partial charge in [-0.1, -0.05) is 0 Å². The Morgan fingerprint density at radius 3 is 3.08 bits per heavy atom. The average Bonchev–Trinajstić information content (AvgIpc) is 2.09. The third-order valence-corrected chi connectivity index (χ3v) is 2.32. The molecule has 4 nitrogen and oxygen atoms in total. The molecule has 0 radical (unpaired) electrons. The first-order chi connectivity index (χ1) is 5.74. The number of methoxy groups -OCH3 is 1. The summed E-state index contributed by atoms with van der Waals surface area (Å²) >= 11 is 0. The van der Waals surface area contributed by atoms with Gasteiger partial charge in [-0.2, -0.15) is 0 Å². The van der Waals surface area contributed by atoms with Crippen molar-refractivity contribution in [2.45, 2.75) is 18.9 Å². The summed E-state index contributed by atoms with van der Waals surface area (Å²) in [6, 6.07) is 0.144. The minimum atomic E-state index is -0.167. The van der Waals surface area contributed by atoms with E-state index in [1.54, 1.807) is 0 Å². The van der Waals surface area contributed by atoms with E-state index in [0.29, 0.717) is 6.42 Å². The van der Waals surface area contributed by atoms with Gasteiger partial charge in [0.15, 0.2) is 0 Å². The lowest BCUT2D eigenvalue weighted by molar-refractivity contribution is -0.142. The van der Waals surface area contributed by atoms with Crippen LogP contribution in [0.4, 0.5) is 0 Å². The zero-order valence-electron chi connectivity index (χ0n) is 7.38. The van der Waals surface area contributed by atoms with Crippen LogP contribution >= 0.6 is 0 Å². The Balaban J connectivity index is 2.33. The zero-order valence-corrected chi connectivity index (χ0v) is 7.38. The van der Waals surface area contributed by atoms with E-state index in [1.165, 1.54) is 7.11 Å². The van der Waals surface area contributed by atoms with E-state index in [2.05, 4.69) is 10.1 Å². The molecule has 0 bridgehead atoms. The van der Waals surface area contributed by atoms with Crippen LogP contribution < -0.4 is 11.1 Å². The third-order valence-electron chi connectivity index (χ3n) is 2.32. The highest BCUT2D eigenvalue weighted by Crippen LogP contribution is 2.13. The number of piperidine rings is 1. The average molecular weight is 172 g/mol. The Morgan fingerprint density at radius 2 is 2.50 bits per heavy atom. The summed E-state index contributed by atoms with van der Waals surface area (Å²) < 4.78 is 4.58. The normalized spacial score (nSPS) is 29.8. The number of nitrogens with two attached hydrogens (primary N) is 1. The molecule has 1 heterocycles. The van der Waals surface area contributed by atoms with Crippen LogP contribution in [-0.2, 0) is 9.53 Å². The van der Waals surface area contributed by atoms with Crippen molar-refractivity contribution in [2.75, 3.05) is 20.2 Å². The maximum atomic E-state index is 10.9. The quantitative estimate of drug-likeness (QED) is 0.550. The number of rotatable bonds is 2. The second-order valence-electron chi connectivity index (χ2n) is 3.20. The largest absolute Gasteiger partial charge is 0.469 e. The molecule has 2 atom stereocenters. The van der Waals surface area contributed by atoms with Crippen LogP contribution in [0.2, 0.25) is 0 Å². The summed E-state index contributed by atoms with van der Waals surface area (Å²) in [5.74, 6) is 0.0744. The third kappa shape index (κ3) is 2.46. The van der Waals surface area contributed by atoms with Crippen molar-refractivity contribution in [3.63, 3.8) is 0 Å². The van der Waals surface area contributed by atoms with Gasteiger partial charge in [0.1, 0.15) is 0 Å². The summed E-state index contributed by atoms with van der Waals surface area (Å²) in [6.07, 6.45) is 1.38. The van der Waals surface area contributed by atoms with Crippen LogP contribution in [0, 0.1) is 5.92 Å². The molecule has 1 aliphatic rings. The Kier molecular flexibility index (Phi) is 3.49. The molecule has 1 rings (SSSR count). The molecule has 0 saturated carbocycles. The van der Waals surface area contributed by atoms with Gasteiger partial charge in [0, 0.05) is 6.04 Å². The molecule has 0 aliphatic carbocycles. The molecule has 0 aromatic heterocycles. The Bertz CT molecular complexity index is 161. The fourth-order valence-corrected chi connectivity index (χ4v) is 1.46. The minimum Gasteiger partial charge on any atom is -0.469 e. The molecule has 0 aromatic carbocycles. The van der Waals surface area contributed by atoms with E-state index in [1.807, 2.05) is 0 Å². The molecule has 12 heavy (non-hydrogen) atoms. The lowest BCUT2D eigenvalue weighted by Gasteiger charge is -2.28. The van der Waals surface area contributed by atoms with Gasteiger partial charge in [-0.05, 0) is 25.4 Å². The monoisotopic (exact) mass is 172 g/mol. The van der Waals surface area contributed by atoms with Crippen molar-refractivity contribution in [3.05, 3.63) is 0 Å². The van der Waals surface area contributed by atoms with E-state index in [9.17, 15) is 4.79 Å². The lowest BCUT2D eigenvalue weighted by atomic mass is 9.91. The Morgan fingerprint density at radius 1 is 1.75 bits per heavy atom. The van der Waals surface area contributed by atoms with Crippen LogP contribution in [0.15, 0.2) is 0 Å². The topological polar surface area (TPSA) is 64.3 Å². The smallest absolute Gasteiger partial charge is 0.305 e. The molecule has 0 amide bonds. The maximum Gasteiger partial charge on any atom is 0.305 e. The van der Waals surface area contributed by atoms with Crippen LogP contribution in [-0.4, -0.2) is 32.2 Å². The number of carbonyl (C=O) groups is 1. The molecular formula is C8H16N2O2. The first-order valence-electron chi connectivity index (χ1n) is 4.27. The SMILES string of the molecule is COC(=O)C[C@H]1CNCC[C@@H]1N. The highest BCUT2D eigenvalue weighted by Gasteiger charge is 2.23. The number of hydrogen-bond acceptors (Lipinski definition) is 4. The Hall–Kier alpha value is -0.610. The van der Waals surface area contributed by atoms with Crippen LogP contribution in [0.3, 0.4) is 0 Å². The van der Waals surface area contributed by atoms with Crippen molar-refractivity contribution in [3.8, 4) is 0 Å². The van der Waals surface area contributed by atoms with E-state index < -0.39 is 0 Å². The molecule has 0 unspecified atom stereocenters. The molecule has 1 saturated heterocycles. The molecule has 3 N–H and O–H groups in total. The summed E-state index contributed by atoms with van der Waals surface area (Å²) in [5, 5.41) is 3.21. The van der Waals surface area contributed by atoms with Crippen LogP contribution in [0.25, 0.3) is 0 Å². The van der Waals surface area contributed by atoms with Gasteiger partial charge in [0.05, 0.1) is 13.5 Å². The van der Waals surface area contributed by atoms with E-state index in [4.69, 9.17) is 5.73 Å². The number of carbonyl (C=O) groups excluding carboxylic acids is 1. The molecule has 1 fully saturated rings. The lowest BCUT2D eigenvalue weighted by Crippen LogP contribution is -2.45. The van der Waals surface area contributed by atoms with Gasteiger partial charge in [0.25, 0.3) is 0 Å². The molecule has 70 valence electrons. The van der Waals surface area contributed by atoms with Gasteiger partial charge in [0.2, 0.25) is 0 Å². The van der Waals surface area contributed by atoms with Crippen molar-refractivity contribution in [1.82, 2.24) is 5.32 Å². The number of hydrogen-bond donors (Lipinski definition) is 2. The fraction of sp³-hybridized carbons (Fsp3) is 0.875. The standard InChI is InChI=1S/C8H16N2O2/c1-12-8(11)4-6-5-10-3-2-7(6)9/h6-7,10H,2-5,9H2,1H3/t6-,7-/m0/s1. The molecule has 0 aromatic rings. The van der Waals surface area contributed by atoms with Crippen LogP contribution in [0.1, 0.15) is 12.8 Å². The van der Waals surface area contributed by atoms with E-state index in [-0.39, 0.29) is 17.9 Å². The van der Waals surface area contributed by atoms with Gasteiger partial charge < -0.3 is 15.8 Å². The molecule has 0 spiro atoms. The van der Waals surface area contributed by atoms with Crippen LogP contribution in [0.5, 0.6) is 0 Å². The first-order valence-corrected chi connectivity index (χ1v) is 4.27. The number of nitrogens with one attached hydrogen (secondary N) is 1. The summed E-state index contributed by atoms with van der Waals surface area (Å²) in [7, 11) is 1.41. The van der Waals surface area contributed by atoms with Gasteiger partial charge in [-0.3, -0.25) is 4.79 Å². The minimum absolute atomic E-state index is 0.144. The summed E-state index contributed by atoms with van der Waals surface area (Å²) in [4.78, 5) is 10.9. The Labute approximate surface area is 72.5 Å². The van der Waals surface area contributed by atoms with Gasteiger partial charge >= 0.3 is 5.97 Å². The van der Waals surface area contributed by atoms with Gasteiger partial charge in [-0.15, -0.1) is 0 Å². The predicted octanol–water partition coefficient (Wildman–Crippen LogP) is -0.514. The van der Waals surface area contributed by atoms with Crippen molar-refractivity contribution < 1.29 is 9.53 Å². The highest BCUT2D eigenvalue weighted by atomic mass is 16.5. The summed E-state index contributed by atoms with van der Waals surface area (Å²) in [6.45, 7) is 1.79. The second-order valence-corrected chi connectivity index (χ2v) is 3.20. The number of ether oxygens (including phenoxy) is 1. The van der Waals surface area contributed by atoms with E-state index >= 15 is 0 Å². The summed E-state index contributed by atoms with van der Waals surface area (Å²) in [5.41, 5.74) is 5.83. The fourth-order valence-electron chi connectivity index (χ4n) is 1.46. The van der Waals surface area contributed by atoms with Crippen molar-refractivity contribution >= 4 is 5.97 Å². The number of esters is 1. The maximum absolute atomic E-state index is 10.9. The molecule has 1 aliphatic heterocycles. The van der Waals surface area contributed by atoms with Gasteiger partial charge in [-0.25, -0.2) is 0 Å². The second kappa shape index (κ2) is 4.42. The van der Waals surface area contributed by atoms with Crippen molar-refractivity contribution in [2.24, 2.45) is 11.7 Å². The molecule has 4 heteroatoms.